The first-order valence-electron chi connectivity index (χ1n) is 6.29. The monoisotopic (exact) mass is 277 g/mol. The molecule has 6 heteroatoms. The van der Waals surface area contributed by atoms with E-state index < -0.39 is 10.0 Å². The van der Waals surface area contributed by atoms with E-state index in [1.807, 2.05) is 6.07 Å². The Morgan fingerprint density at radius 3 is 2.68 bits per heavy atom. The molecule has 1 aliphatic carbocycles. The van der Waals surface area contributed by atoms with Gasteiger partial charge in [-0.1, -0.05) is 6.07 Å². The number of benzene rings is 1. The predicted octanol–water partition coefficient (Wildman–Crippen LogP) is 2.09. The Bertz CT molecular complexity index is 678. The quantitative estimate of drug-likeness (QED) is 0.902. The maximum atomic E-state index is 12.2. The molecule has 2 aromatic rings. The van der Waals surface area contributed by atoms with Crippen molar-refractivity contribution in [1.82, 2.24) is 9.97 Å². The van der Waals surface area contributed by atoms with Gasteiger partial charge in [-0.15, -0.1) is 0 Å². The first-order chi connectivity index (χ1) is 9.15. The lowest BCUT2D eigenvalue weighted by Gasteiger charge is -2.16. The van der Waals surface area contributed by atoms with Gasteiger partial charge in [-0.25, -0.2) is 18.1 Å². The van der Waals surface area contributed by atoms with Gasteiger partial charge in [0.15, 0.2) is 0 Å². The highest BCUT2D eigenvalue weighted by atomic mass is 32.2. The van der Waals surface area contributed by atoms with Crippen molar-refractivity contribution < 1.29 is 8.42 Å². The number of aromatic amines is 1. The average Bonchev–Trinajstić information content (AvgIpc) is 2.90. The number of nitrogens with one attached hydrogen (secondary N) is 2. The average molecular weight is 277 g/mol. The Kier molecular flexibility index (Phi) is 3.02. The van der Waals surface area contributed by atoms with Crippen LogP contribution in [-0.2, 0) is 22.9 Å². The van der Waals surface area contributed by atoms with Crippen LogP contribution in [0.3, 0.4) is 0 Å². The van der Waals surface area contributed by atoms with E-state index in [0.29, 0.717) is 4.90 Å². The number of nitrogens with zero attached hydrogens (tertiary/aromatic N) is 1. The van der Waals surface area contributed by atoms with Gasteiger partial charge in [-0.05, 0) is 48.9 Å². The maximum absolute atomic E-state index is 12.2. The van der Waals surface area contributed by atoms with Crippen molar-refractivity contribution in [3.05, 3.63) is 41.7 Å². The van der Waals surface area contributed by atoms with E-state index in [9.17, 15) is 8.42 Å². The van der Waals surface area contributed by atoms with Crippen LogP contribution in [0.1, 0.15) is 24.0 Å². The maximum Gasteiger partial charge on any atom is 0.264 e. The van der Waals surface area contributed by atoms with Gasteiger partial charge in [-0.3, -0.25) is 0 Å². The Labute approximate surface area is 112 Å². The van der Waals surface area contributed by atoms with Crippen LogP contribution in [0.15, 0.2) is 35.5 Å². The Morgan fingerprint density at radius 2 is 1.95 bits per heavy atom. The van der Waals surface area contributed by atoms with Crippen molar-refractivity contribution in [2.24, 2.45) is 0 Å². The summed E-state index contributed by atoms with van der Waals surface area (Å²) in [5.74, 6) is 0.234. The smallest absolute Gasteiger partial charge is 0.264 e. The minimum atomic E-state index is -3.56. The molecule has 0 saturated carbocycles. The van der Waals surface area contributed by atoms with Crippen LogP contribution in [0.4, 0.5) is 5.95 Å². The SMILES string of the molecule is O=S(=O)(Nc1ncc[nH]1)c1ccc2c(c1)CCCC2. The molecule has 1 aromatic carbocycles. The van der Waals surface area contributed by atoms with Crippen LogP contribution < -0.4 is 4.72 Å². The highest BCUT2D eigenvalue weighted by molar-refractivity contribution is 7.92. The van der Waals surface area contributed by atoms with Crippen LogP contribution in [-0.4, -0.2) is 18.4 Å². The molecule has 0 saturated heterocycles. The van der Waals surface area contributed by atoms with Crippen LogP contribution in [0.5, 0.6) is 0 Å². The lowest BCUT2D eigenvalue weighted by Crippen LogP contribution is -2.15. The third kappa shape index (κ3) is 2.49. The van der Waals surface area contributed by atoms with Crippen LogP contribution >= 0.6 is 0 Å². The first kappa shape index (κ1) is 12.2. The fourth-order valence-electron chi connectivity index (χ4n) is 2.38. The zero-order chi connectivity index (χ0) is 13.3. The van der Waals surface area contributed by atoms with E-state index in [0.717, 1.165) is 24.8 Å². The molecule has 0 aliphatic heterocycles. The molecular weight excluding hydrogens is 262 g/mol. The van der Waals surface area contributed by atoms with Crippen molar-refractivity contribution >= 4 is 16.0 Å². The normalized spacial score (nSPS) is 14.9. The Balaban J connectivity index is 1.93. The number of sulfonamides is 1. The van der Waals surface area contributed by atoms with Crippen molar-refractivity contribution in [1.29, 1.82) is 0 Å². The van der Waals surface area contributed by atoms with E-state index in [4.69, 9.17) is 0 Å². The largest absolute Gasteiger partial charge is 0.330 e. The fourth-order valence-corrected chi connectivity index (χ4v) is 3.41. The lowest BCUT2D eigenvalue weighted by molar-refractivity contribution is 0.600. The number of hydrogen-bond donors (Lipinski definition) is 2. The van der Waals surface area contributed by atoms with Gasteiger partial charge in [0.1, 0.15) is 0 Å². The van der Waals surface area contributed by atoms with E-state index in [1.54, 1.807) is 18.3 Å². The van der Waals surface area contributed by atoms with Crippen LogP contribution in [0, 0.1) is 0 Å². The molecule has 1 aromatic heterocycles. The Hall–Kier alpha value is -1.82. The van der Waals surface area contributed by atoms with Gasteiger partial charge < -0.3 is 4.98 Å². The zero-order valence-electron chi connectivity index (χ0n) is 10.4. The molecule has 0 unspecified atom stereocenters. The van der Waals surface area contributed by atoms with E-state index in [2.05, 4.69) is 14.7 Å². The first-order valence-corrected chi connectivity index (χ1v) is 7.77. The number of fused-ring (bicyclic) bond motifs is 1. The molecule has 0 spiro atoms. The molecule has 2 N–H and O–H groups in total. The summed E-state index contributed by atoms with van der Waals surface area (Å²) in [5.41, 5.74) is 2.41. The number of imidazole rings is 1. The topological polar surface area (TPSA) is 74.8 Å². The van der Waals surface area contributed by atoms with Crippen LogP contribution in [0.2, 0.25) is 0 Å². The number of rotatable bonds is 3. The fraction of sp³-hybridized carbons (Fsp3) is 0.308. The highest BCUT2D eigenvalue weighted by Gasteiger charge is 2.18. The molecule has 5 nitrogen and oxygen atoms in total. The minimum Gasteiger partial charge on any atom is -0.330 e. The number of aryl methyl sites for hydroxylation is 2. The summed E-state index contributed by atoms with van der Waals surface area (Å²) < 4.78 is 26.9. The second-order valence-corrected chi connectivity index (χ2v) is 6.36. The minimum absolute atomic E-state index is 0.234. The molecule has 1 aliphatic rings. The van der Waals surface area contributed by atoms with E-state index in [1.165, 1.54) is 18.2 Å². The summed E-state index contributed by atoms with van der Waals surface area (Å²) in [4.78, 5) is 6.89. The summed E-state index contributed by atoms with van der Waals surface area (Å²) in [7, 11) is -3.56. The van der Waals surface area contributed by atoms with E-state index >= 15 is 0 Å². The van der Waals surface area contributed by atoms with Gasteiger partial charge in [-0.2, -0.15) is 0 Å². The molecule has 0 amide bonds. The molecule has 0 atom stereocenters. The third-order valence-electron chi connectivity index (χ3n) is 3.36. The van der Waals surface area contributed by atoms with Crippen molar-refractivity contribution in [3.63, 3.8) is 0 Å². The summed E-state index contributed by atoms with van der Waals surface area (Å²) in [6, 6.07) is 5.36. The van der Waals surface area contributed by atoms with E-state index in [-0.39, 0.29) is 5.95 Å². The second-order valence-electron chi connectivity index (χ2n) is 4.68. The van der Waals surface area contributed by atoms with Crippen molar-refractivity contribution in [2.75, 3.05) is 4.72 Å². The lowest BCUT2D eigenvalue weighted by atomic mass is 9.92. The van der Waals surface area contributed by atoms with Gasteiger partial charge in [0.25, 0.3) is 10.0 Å². The van der Waals surface area contributed by atoms with Crippen LogP contribution in [0.25, 0.3) is 0 Å². The van der Waals surface area contributed by atoms with Crippen molar-refractivity contribution in [3.8, 4) is 0 Å². The number of anilines is 1. The molecule has 1 heterocycles. The Morgan fingerprint density at radius 1 is 1.16 bits per heavy atom. The molecule has 0 radical (unpaired) electrons. The van der Waals surface area contributed by atoms with Gasteiger partial charge >= 0.3 is 0 Å². The third-order valence-corrected chi connectivity index (χ3v) is 4.70. The number of aromatic nitrogens is 2. The van der Waals surface area contributed by atoms with Gasteiger partial charge in [0.2, 0.25) is 5.95 Å². The molecule has 0 fully saturated rings. The predicted molar refractivity (Wildman–Crippen MR) is 72.5 cm³/mol. The zero-order valence-corrected chi connectivity index (χ0v) is 11.2. The summed E-state index contributed by atoms with van der Waals surface area (Å²) in [6.07, 6.45) is 7.39. The summed E-state index contributed by atoms with van der Waals surface area (Å²) in [6.45, 7) is 0. The molecule has 0 bridgehead atoms. The molecule has 19 heavy (non-hydrogen) atoms. The summed E-state index contributed by atoms with van der Waals surface area (Å²) in [5, 5.41) is 0. The highest BCUT2D eigenvalue weighted by Crippen LogP contribution is 2.24. The molecule has 100 valence electrons. The van der Waals surface area contributed by atoms with Gasteiger partial charge in [0.05, 0.1) is 4.90 Å². The summed E-state index contributed by atoms with van der Waals surface area (Å²) >= 11 is 0. The number of hydrogen-bond acceptors (Lipinski definition) is 3. The van der Waals surface area contributed by atoms with Crippen molar-refractivity contribution in [2.45, 2.75) is 30.6 Å². The van der Waals surface area contributed by atoms with Gasteiger partial charge in [0, 0.05) is 12.4 Å². The number of H-pyrrole nitrogens is 1. The molecular formula is C13H15N3O2S. The molecule has 3 rings (SSSR count). The second kappa shape index (κ2) is 4.70. The standard InChI is InChI=1S/C13H15N3O2S/c17-19(18,16-13-14-7-8-15-13)12-6-5-10-3-1-2-4-11(10)9-12/h5-9H,1-4H2,(H2,14,15,16).